The number of ether oxygens (including phenoxy) is 1. The number of rotatable bonds is 2. The van der Waals surface area contributed by atoms with Crippen LogP contribution in [0.1, 0.15) is 17.0 Å². The molecule has 0 spiro atoms. The zero-order valence-electron chi connectivity index (χ0n) is 6.33. The van der Waals surface area contributed by atoms with Gasteiger partial charge in [0.2, 0.25) is 0 Å². The molecule has 0 saturated heterocycles. The molecule has 0 bridgehead atoms. The van der Waals surface area contributed by atoms with Crippen LogP contribution in [0.3, 0.4) is 0 Å². The first-order valence-corrected chi connectivity index (χ1v) is 3.62. The van der Waals surface area contributed by atoms with Crippen LogP contribution in [0, 0.1) is 0 Å². The number of hydrogen-bond acceptors (Lipinski definition) is 3. The van der Waals surface area contributed by atoms with Crippen molar-refractivity contribution in [3.8, 4) is 0 Å². The molecule has 0 saturated carbocycles. The number of nitrogens with one attached hydrogen (secondary N) is 1. The fraction of sp³-hybridized carbons (Fsp3) is 0.429. The number of carboxylic acids is 1. The van der Waals surface area contributed by atoms with Crippen LogP contribution < -0.4 is 0 Å². The van der Waals surface area contributed by atoms with Crippen molar-refractivity contribution in [3.05, 3.63) is 17.0 Å². The second kappa shape index (κ2) is 2.60. The number of carbonyl (C=O) groups is 1. The average Bonchev–Trinajstić information content (AvgIpc) is 2.52. The van der Waals surface area contributed by atoms with Gasteiger partial charge in [0.15, 0.2) is 0 Å². The standard InChI is InChI=1S/C7H8N2O3/c10-7(11)1-5-4-2-12-3-6(4)9-8-5/h1-3H2,(H,8,9)(H,10,11). The van der Waals surface area contributed by atoms with Gasteiger partial charge in [0, 0.05) is 5.56 Å². The van der Waals surface area contributed by atoms with Crippen LogP contribution in [0.5, 0.6) is 0 Å². The topological polar surface area (TPSA) is 75.2 Å². The van der Waals surface area contributed by atoms with Crippen LogP contribution in [-0.4, -0.2) is 21.3 Å². The molecular weight excluding hydrogens is 160 g/mol. The second-order valence-corrected chi connectivity index (χ2v) is 2.69. The Balaban J connectivity index is 2.27. The number of hydrogen-bond donors (Lipinski definition) is 2. The number of nitrogens with zero attached hydrogens (tertiary/aromatic N) is 1. The highest BCUT2D eigenvalue weighted by molar-refractivity contribution is 5.70. The lowest BCUT2D eigenvalue weighted by Gasteiger charge is -1.92. The first-order valence-electron chi connectivity index (χ1n) is 3.62. The van der Waals surface area contributed by atoms with E-state index in [1.165, 1.54) is 0 Å². The van der Waals surface area contributed by atoms with Crippen LogP contribution in [0.25, 0.3) is 0 Å². The molecule has 5 nitrogen and oxygen atoms in total. The minimum Gasteiger partial charge on any atom is -0.481 e. The number of aromatic nitrogens is 2. The van der Waals surface area contributed by atoms with Crippen molar-refractivity contribution in [1.29, 1.82) is 0 Å². The minimum absolute atomic E-state index is 0.0325. The van der Waals surface area contributed by atoms with Crippen LogP contribution in [-0.2, 0) is 29.2 Å². The molecule has 0 aliphatic carbocycles. The third-order valence-electron chi connectivity index (χ3n) is 1.85. The third kappa shape index (κ3) is 1.08. The van der Waals surface area contributed by atoms with Gasteiger partial charge in [0.05, 0.1) is 31.0 Å². The van der Waals surface area contributed by atoms with Gasteiger partial charge in [0.25, 0.3) is 0 Å². The molecule has 5 heteroatoms. The number of aromatic amines is 1. The van der Waals surface area contributed by atoms with Crippen molar-refractivity contribution in [1.82, 2.24) is 10.2 Å². The maximum atomic E-state index is 10.4. The molecule has 0 radical (unpaired) electrons. The molecule has 0 amide bonds. The van der Waals surface area contributed by atoms with E-state index in [4.69, 9.17) is 9.84 Å². The Morgan fingerprint density at radius 1 is 1.67 bits per heavy atom. The van der Waals surface area contributed by atoms with Crippen LogP contribution >= 0.6 is 0 Å². The molecule has 12 heavy (non-hydrogen) atoms. The van der Waals surface area contributed by atoms with Crippen molar-refractivity contribution in [2.45, 2.75) is 19.6 Å². The van der Waals surface area contributed by atoms with E-state index in [-0.39, 0.29) is 6.42 Å². The highest BCUT2D eigenvalue weighted by Gasteiger charge is 2.20. The van der Waals surface area contributed by atoms with Crippen molar-refractivity contribution >= 4 is 5.97 Å². The highest BCUT2D eigenvalue weighted by atomic mass is 16.5. The second-order valence-electron chi connectivity index (χ2n) is 2.69. The summed E-state index contributed by atoms with van der Waals surface area (Å²) in [4.78, 5) is 10.4. The number of aliphatic carboxylic acids is 1. The van der Waals surface area contributed by atoms with Gasteiger partial charge in [-0.3, -0.25) is 9.89 Å². The fourth-order valence-corrected chi connectivity index (χ4v) is 1.28. The number of H-pyrrole nitrogens is 1. The molecule has 64 valence electrons. The predicted octanol–water partition coefficient (Wildman–Crippen LogP) is 0.0670. The molecule has 2 N–H and O–H groups in total. The molecule has 1 aromatic heterocycles. The summed E-state index contributed by atoms with van der Waals surface area (Å²) in [5.74, 6) is -0.865. The van der Waals surface area contributed by atoms with Crippen LogP contribution in [0.15, 0.2) is 0 Å². The van der Waals surface area contributed by atoms with E-state index in [1.807, 2.05) is 0 Å². The van der Waals surface area contributed by atoms with E-state index in [0.717, 1.165) is 11.3 Å². The van der Waals surface area contributed by atoms with E-state index < -0.39 is 5.97 Å². The average molecular weight is 168 g/mol. The zero-order chi connectivity index (χ0) is 8.55. The lowest BCUT2D eigenvalue weighted by atomic mass is 10.2. The summed E-state index contributed by atoms with van der Waals surface area (Å²) >= 11 is 0. The highest BCUT2D eigenvalue weighted by Crippen LogP contribution is 2.20. The van der Waals surface area contributed by atoms with Gasteiger partial charge in [-0.15, -0.1) is 0 Å². The maximum absolute atomic E-state index is 10.4. The van der Waals surface area contributed by atoms with Gasteiger partial charge in [-0.2, -0.15) is 5.10 Å². The molecule has 0 unspecified atom stereocenters. The van der Waals surface area contributed by atoms with E-state index in [2.05, 4.69) is 10.2 Å². The predicted molar refractivity (Wildman–Crippen MR) is 38.4 cm³/mol. The summed E-state index contributed by atoms with van der Waals surface area (Å²) in [5, 5.41) is 15.2. The normalized spacial score (nSPS) is 14.7. The Kier molecular flexibility index (Phi) is 1.58. The molecule has 0 aromatic carbocycles. The lowest BCUT2D eigenvalue weighted by Crippen LogP contribution is -2.02. The van der Waals surface area contributed by atoms with Crippen LogP contribution in [0.4, 0.5) is 0 Å². The van der Waals surface area contributed by atoms with E-state index >= 15 is 0 Å². The Hall–Kier alpha value is -1.36. The van der Waals surface area contributed by atoms with E-state index in [0.29, 0.717) is 18.9 Å². The molecule has 2 rings (SSSR count). The minimum atomic E-state index is -0.865. The van der Waals surface area contributed by atoms with E-state index in [9.17, 15) is 4.79 Å². The van der Waals surface area contributed by atoms with Crippen molar-refractivity contribution < 1.29 is 14.6 Å². The first kappa shape index (κ1) is 7.30. The zero-order valence-corrected chi connectivity index (χ0v) is 6.33. The Bertz CT molecular complexity index is 318. The first-order chi connectivity index (χ1) is 5.77. The summed E-state index contributed by atoms with van der Waals surface area (Å²) in [6.07, 6.45) is -0.0325. The summed E-state index contributed by atoms with van der Waals surface area (Å²) in [6, 6.07) is 0. The Morgan fingerprint density at radius 2 is 2.50 bits per heavy atom. The SMILES string of the molecule is O=C(O)Cc1n[nH]c2c1COC2. The van der Waals surface area contributed by atoms with Gasteiger partial charge in [-0.05, 0) is 0 Å². The summed E-state index contributed by atoms with van der Waals surface area (Å²) < 4.78 is 5.11. The molecule has 0 atom stereocenters. The summed E-state index contributed by atoms with van der Waals surface area (Å²) in [6.45, 7) is 0.996. The van der Waals surface area contributed by atoms with Gasteiger partial charge < -0.3 is 9.84 Å². The van der Waals surface area contributed by atoms with Crippen molar-refractivity contribution in [2.75, 3.05) is 0 Å². The van der Waals surface area contributed by atoms with Crippen molar-refractivity contribution in [3.63, 3.8) is 0 Å². The van der Waals surface area contributed by atoms with Crippen LogP contribution in [0.2, 0.25) is 0 Å². The van der Waals surface area contributed by atoms with Gasteiger partial charge >= 0.3 is 5.97 Å². The molecule has 0 fully saturated rings. The lowest BCUT2D eigenvalue weighted by molar-refractivity contribution is -0.136. The Morgan fingerprint density at radius 3 is 3.25 bits per heavy atom. The number of carboxylic acid groups (broad SMARTS) is 1. The smallest absolute Gasteiger partial charge is 0.309 e. The van der Waals surface area contributed by atoms with Gasteiger partial charge in [0.1, 0.15) is 0 Å². The Labute approximate surface area is 68.4 Å². The largest absolute Gasteiger partial charge is 0.481 e. The third-order valence-corrected chi connectivity index (χ3v) is 1.85. The van der Waals surface area contributed by atoms with Gasteiger partial charge in [-0.25, -0.2) is 0 Å². The monoisotopic (exact) mass is 168 g/mol. The summed E-state index contributed by atoms with van der Waals surface area (Å²) in [5.41, 5.74) is 2.42. The fourth-order valence-electron chi connectivity index (χ4n) is 1.28. The van der Waals surface area contributed by atoms with E-state index in [1.54, 1.807) is 0 Å². The molecule has 1 aromatic rings. The van der Waals surface area contributed by atoms with Gasteiger partial charge in [-0.1, -0.05) is 0 Å². The van der Waals surface area contributed by atoms with Crippen molar-refractivity contribution in [2.24, 2.45) is 0 Å². The number of fused-ring (bicyclic) bond motifs is 1. The molecule has 1 aliphatic heterocycles. The molecular formula is C7H8N2O3. The maximum Gasteiger partial charge on any atom is 0.309 e. The summed E-state index contributed by atoms with van der Waals surface area (Å²) in [7, 11) is 0. The molecule has 1 aliphatic rings. The molecule has 2 heterocycles. The quantitative estimate of drug-likeness (QED) is 0.655.